The molecule has 0 saturated heterocycles. The Bertz CT molecular complexity index is 861. The fraction of sp³-hybridized carbons (Fsp3) is 0.200. The number of aliphatic hydroxyl groups excluding tert-OH is 1. The Kier molecular flexibility index (Phi) is 6.09. The van der Waals surface area contributed by atoms with Crippen LogP contribution in [0.15, 0.2) is 66.0 Å². The van der Waals surface area contributed by atoms with Crippen LogP contribution in [0, 0.1) is 6.92 Å². The smallest absolute Gasteiger partial charge is 0.234 e. The van der Waals surface area contributed by atoms with E-state index in [0.717, 1.165) is 22.0 Å². The highest BCUT2D eigenvalue weighted by molar-refractivity contribution is 7.99. The number of amides is 1. The molecule has 0 radical (unpaired) electrons. The number of hydrogen-bond acceptors (Lipinski definition) is 4. The maximum atomic E-state index is 12.2. The number of aromatic nitrogens is 2. The zero-order chi connectivity index (χ0) is 18.4. The number of aliphatic hydroxyl groups is 1. The highest BCUT2D eigenvalue weighted by Crippen LogP contribution is 2.20. The first-order valence-electron chi connectivity index (χ1n) is 8.34. The minimum absolute atomic E-state index is 0.0846. The van der Waals surface area contributed by atoms with Crippen molar-refractivity contribution in [2.24, 2.45) is 0 Å². The van der Waals surface area contributed by atoms with Crippen LogP contribution in [0.25, 0.3) is 0 Å². The number of hydrogen-bond donors (Lipinski definition) is 2. The second-order valence-corrected chi connectivity index (χ2v) is 6.93. The molecule has 0 fully saturated rings. The molecule has 0 saturated carbocycles. The Hall–Kier alpha value is -2.57. The van der Waals surface area contributed by atoms with Crippen molar-refractivity contribution in [1.82, 2.24) is 9.55 Å². The number of nitrogens with zero attached hydrogens (tertiary/aromatic N) is 2. The Morgan fingerprint density at radius 1 is 1.15 bits per heavy atom. The number of carbonyl (C=O) groups excluding carboxylic acids is 1. The minimum atomic E-state index is -0.120. The first-order chi connectivity index (χ1) is 12.6. The van der Waals surface area contributed by atoms with E-state index in [1.807, 2.05) is 72.3 Å². The predicted molar refractivity (Wildman–Crippen MR) is 104 cm³/mol. The fourth-order valence-corrected chi connectivity index (χ4v) is 3.30. The van der Waals surface area contributed by atoms with Gasteiger partial charge < -0.3 is 15.0 Å². The molecule has 26 heavy (non-hydrogen) atoms. The van der Waals surface area contributed by atoms with E-state index in [-0.39, 0.29) is 18.3 Å². The predicted octanol–water partition coefficient (Wildman–Crippen LogP) is 3.46. The number of benzene rings is 2. The topological polar surface area (TPSA) is 67.2 Å². The lowest BCUT2D eigenvalue weighted by Gasteiger charge is -2.08. The van der Waals surface area contributed by atoms with Crippen molar-refractivity contribution in [3.63, 3.8) is 0 Å². The van der Waals surface area contributed by atoms with Crippen molar-refractivity contribution in [2.75, 3.05) is 11.1 Å². The third kappa shape index (κ3) is 4.97. The zero-order valence-corrected chi connectivity index (χ0v) is 15.4. The molecule has 0 aliphatic carbocycles. The summed E-state index contributed by atoms with van der Waals surface area (Å²) >= 11 is 1.36. The van der Waals surface area contributed by atoms with Crippen LogP contribution < -0.4 is 5.32 Å². The van der Waals surface area contributed by atoms with Gasteiger partial charge in [0.05, 0.1) is 18.1 Å². The van der Waals surface area contributed by atoms with Crippen LogP contribution in [0.5, 0.6) is 0 Å². The summed E-state index contributed by atoms with van der Waals surface area (Å²) in [4.78, 5) is 16.6. The molecule has 0 aliphatic rings. The van der Waals surface area contributed by atoms with Crippen LogP contribution in [0.3, 0.4) is 0 Å². The molecule has 6 heteroatoms. The number of thioether (sulfide) groups is 1. The van der Waals surface area contributed by atoms with Gasteiger partial charge in [-0.1, -0.05) is 59.8 Å². The largest absolute Gasteiger partial charge is 0.390 e. The molecule has 1 heterocycles. The molecule has 0 unspecified atom stereocenters. The van der Waals surface area contributed by atoms with E-state index in [0.29, 0.717) is 12.2 Å². The van der Waals surface area contributed by atoms with Gasteiger partial charge in [-0.2, -0.15) is 0 Å². The maximum absolute atomic E-state index is 12.2. The summed E-state index contributed by atoms with van der Waals surface area (Å²) in [6.07, 6.45) is 1.83. The van der Waals surface area contributed by atoms with Gasteiger partial charge in [0.15, 0.2) is 5.16 Å². The van der Waals surface area contributed by atoms with Crippen molar-refractivity contribution in [3.8, 4) is 0 Å². The molecule has 2 aromatic carbocycles. The third-order valence-electron chi connectivity index (χ3n) is 3.82. The molecule has 0 bridgehead atoms. The standard InChI is InChI=1S/C20H21N3O2S/c1-15-7-9-17(10-8-15)21-19(25)14-26-20-22-18(13-24)12-23(20)11-16-5-3-2-4-6-16/h2-10,12,24H,11,13-14H2,1H3,(H,21,25). The molecular formula is C20H21N3O2S. The van der Waals surface area contributed by atoms with Crippen LogP contribution in [-0.2, 0) is 17.9 Å². The minimum Gasteiger partial charge on any atom is -0.390 e. The van der Waals surface area contributed by atoms with E-state index < -0.39 is 0 Å². The van der Waals surface area contributed by atoms with Crippen LogP contribution in [0.2, 0.25) is 0 Å². The van der Waals surface area contributed by atoms with Crippen LogP contribution in [0.1, 0.15) is 16.8 Å². The molecule has 0 atom stereocenters. The van der Waals surface area contributed by atoms with Crippen LogP contribution in [-0.4, -0.2) is 26.3 Å². The van der Waals surface area contributed by atoms with E-state index in [4.69, 9.17) is 0 Å². The quantitative estimate of drug-likeness (QED) is 0.628. The van der Waals surface area contributed by atoms with Gasteiger partial charge >= 0.3 is 0 Å². The molecule has 1 amide bonds. The summed E-state index contributed by atoms with van der Waals surface area (Å²) in [6, 6.07) is 17.7. The highest BCUT2D eigenvalue weighted by Gasteiger charge is 2.11. The Morgan fingerprint density at radius 2 is 1.88 bits per heavy atom. The summed E-state index contributed by atoms with van der Waals surface area (Å²) in [7, 11) is 0. The third-order valence-corrected chi connectivity index (χ3v) is 4.81. The van der Waals surface area contributed by atoms with Gasteiger partial charge in [-0.3, -0.25) is 4.79 Å². The van der Waals surface area contributed by atoms with Gasteiger partial charge in [-0.25, -0.2) is 4.98 Å². The Labute approximate surface area is 157 Å². The molecule has 0 spiro atoms. The number of rotatable bonds is 7. The second-order valence-electron chi connectivity index (χ2n) is 5.99. The van der Waals surface area contributed by atoms with Crippen LogP contribution in [0.4, 0.5) is 5.69 Å². The van der Waals surface area contributed by atoms with Gasteiger partial charge in [0, 0.05) is 18.4 Å². The average molecular weight is 367 g/mol. The number of anilines is 1. The second kappa shape index (κ2) is 8.69. The highest BCUT2D eigenvalue weighted by atomic mass is 32.2. The summed E-state index contributed by atoms with van der Waals surface area (Å²) in [5, 5.41) is 13.0. The first kappa shape index (κ1) is 18.2. The number of nitrogens with one attached hydrogen (secondary N) is 1. The van der Waals surface area contributed by atoms with E-state index in [1.165, 1.54) is 11.8 Å². The average Bonchev–Trinajstić information content (AvgIpc) is 3.05. The van der Waals surface area contributed by atoms with Gasteiger partial charge in [0.25, 0.3) is 0 Å². The van der Waals surface area contributed by atoms with E-state index >= 15 is 0 Å². The maximum Gasteiger partial charge on any atom is 0.234 e. The summed E-state index contributed by atoms with van der Waals surface area (Å²) < 4.78 is 1.96. The number of aryl methyl sites for hydroxylation is 1. The molecule has 0 aliphatic heterocycles. The summed E-state index contributed by atoms with van der Waals surface area (Å²) in [6.45, 7) is 2.54. The molecule has 134 valence electrons. The van der Waals surface area contributed by atoms with E-state index in [1.54, 1.807) is 0 Å². The molecule has 1 aromatic heterocycles. The van der Waals surface area contributed by atoms with E-state index in [2.05, 4.69) is 10.3 Å². The zero-order valence-electron chi connectivity index (χ0n) is 14.6. The normalized spacial score (nSPS) is 10.7. The molecule has 5 nitrogen and oxygen atoms in total. The Balaban J connectivity index is 1.64. The van der Waals surface area contributed by atoms with Crippen molar-refractivity contribution >= 4 is 23.4 Å². The molecular weight excluding hydrogens is 346 g/mol. The van der Waals surface area contributed by atoms with Crippen molar-refractivity contribution in [3.05, 3.63) is 77.6 Å². The summed E-state index contributed by atoms with van der Waals surface area (Å²) in [5.74, 6) is 0.170. The van der Waals surface area contributed by atoms with Crippen molar-refractivity contribution < 1.29 is 9.90 Å². The van der Waals surface area contributed by atoms with Crippen molar-refractivity contribution in [2.45, 2.75) is 25.2 Å². The first-order valence-corrected chi connectivity index (χ1v) is 9.33. The molecule has 3 rings (SSSR count). The monoisotopic (exact) mass is 367 g/mol. The van der Waals surface area contributed by atoms with Gasteiger partial charge in [0.2, 0.25) is 5.91 Å². The molecule has 2 N–H and O–H groups in total. The van der Waals surface area contributed by atoms with Crippen LogP contribution >= 0.6 is 11.8 Å². The number of carbonyl (C=O) groups is 1. The van der Waals surface area contributed by atoms with Gasteiger partial charge in [-0.05, 0) is 24.6 Å². The lowest BCUT2D eigenvalue weighted by Crippen LogP contribution is -2.14. The summed E-state index contributed by atoms with van der Waals surface area (Å²) in [5.41, 5.74) is 3.67. The van der Waals surface area contributed by atoms with Crippen molar-refractivity contribution in [1.29, 1.82) is 0 Å². The lowest BCUT2D eigenvalue weighted by molar-refractivity contribution is -0.113. The SMILES string of the molecule is Cc1ccc(NC(=O)CSc2nc(CO)cn2Cc2ccccc2)cc1. The fourth-order valence-electron chi connectivity index (χ4n) is 2.50. The van der Waals surface area contributed by atoms with E-state index in [9.17, 15) is 9.90 Å². The van der Waals surface area contributed by atoms with Gasteiger partial charge in [-0.15, -0.1) is 0 Å². The van der Waals surface area contributed by atoms with Gasteiger partial charge in [0.1, 0.15) is 0 Å². The number of imidazole rings is 1. The lowest BCUT2D eigenvalue weighted by atomic mass is 10.2. The Morgan fingerprint density at radius 3 is 2.58 bits per heavy atom. The molecule has 3 aromatic rings.